The minimum Gasteiger partial charge on any atom is -0.390 e. The average Bonchev–Trinajstić information content (AvgIpc) is 3.39. The number of hydrogen-bond acceptors (Lipinski definition) is 5. The first kappa shape index (κ1) is 19.6. The van der Waals surface area contributed by atoms with E-state index in [2.05, 4.69) is 4.90 Å². The van der Waals surface area contributed by atoms with Crippen LogP contribution in [0.2, 0.25) is 10.0 Å². The first-order valence-electron chi connectivity index (χ1n) is 10.4. The van der Waals surface area contributed by atoms with Crippen molar-refractivity contribution < 1.29 is 5.11 Å². The summed E-state index contributed by atoms with van der Waals surface area (Å²) in [5.74, 6) is 2.65. The third kappa shape index (κ3) is 3.23. The molecule has 1 aliphatic heterocycles. The Labute approximate surface area is 181 Å². The Hall–Kier alpha value is -1.40. The maximum atomic E-state index is 10.1. The molecule has 29 heavy (non-hydrogen) atoms. The third-order valence-corrected chi connectivity index (χ3v) is 7.92. The summed E-state index contributed by atoms with van der Waals surface area (Å²) in [5, 5.41) is 11.0. The predicted octanol–water partition coefficient (Wildman–Crippen LogP) is 4.20. The second kappa shape index (κ2) is 7.09. The van der Waals surface area contributed by atoms with Crippen molar-refractivity contribution in [2.24, 2.45) is 23.5 Å². The molecular formula is C22H26Cl2N4O. The Morgan fingerprint density at radius 1 is 1.17 bits per heavy atom. The molecule has 7 heteroatoms. The number of nitrogens with two attached hydrogens (primary N) is 1. The highest BCUT2D eigenvalue weighted by Gasteiger charge is 2.56. The van der Waals surface area contributed by atoms with Gasteiger partial charge in [-0.1, -0.05) is 35.3 Å². The zero-order chi connectivity index (χ0) is 20.3. The third-order valence-electron chi connectivity index (χ3n) is 7.10. The molecule has 5 rings (SSSR count). The van der Waals surface area contributed by atoms with Crippen LogP contribution in [0.5, 0.6) is 0 Å². The van der Waals surface area contributed by atoms with Crippen molar-refractivity contribution in [3.8, 4) is 11.3 Å². The van der Waals surface area contributed by atoms with Gasteiger partial charge in [-0.05, 0) is 56.4 Å². The smallest absolute Gasteiger partial charge is 0.153 e. The fraction of sp³-hybridized carbons (Fsp3) is 0.545. The number of aryl methyl sites for hydroxylation is 1. The molecule has 0 radical (unpaired) electrons. The molecule has 0 amide bonds. The van der Waals surface area contributed by atoms with Gasteiger partial charge in [0.05, 0.1) is 28.0 Å². The van der Waals surface area contributed by atoms with Crippen LogP contribution >= 0.6 is 23.2 Å². The van der Waals surface area contributed by atoms with Gasteiger partial charge in [0, 0.05) is 24.2 Å². The molecule has 154 valence electrons. The molecule has 2 bridgehead atoms. The van der Waals surface area contributed by atoms with Crippen molar-refractivity contribution in [1.29, 1.82) is 0 Å². The Bertz CT molecular complexity index is 948. The van der Waals surface area contributed by atoms with Gasteiger partial charge in [0.1, 0.15) is 5.69 Å². The second-order valence-electron chi connectivity index (χ2n) is 8.95. The number of fused-ring (bicyclic) bond motifs is 2. The topological polar surface area (TPSA) is 75.3 Å². The first-order chi connectivity index (χ1) is 13.9. The van der Waals surface area contributed by atoms with Gasteiger partial charge in [0.15, 0.2) is 5.82 Å². The van der Waals surface area contributed by atoms with Crippen LogP contribution in [0.1, 0.15) is 37.1 Å². The molecular weight excluding hydrogens is 407 g/mol. The van der Waals surface area contributed by atoms with Crippen molar-refractivity contribution in [1.82, 2.24) is 9.97 Å². The van der Waals surface area contributed by atoms with Gasteiger partial charge in [-0.3, -0.25) is 0 Å². The lowest BCUT2D eigenvalue weighted by Gasteiger charge is -2.42. The molecule has 1 saturated heterocycles. The molecule has 3 aliphatic rings. The molecule has 3 fully saturated rings. The van der Waals surface area contributed by atoms with Crippen LogP contribution in [0.4, 0.5) is 5.82 Å². The number of rotatable bonds is 4. The maximum Gasteiger partial charge on any atom is 0.153 e. The van der Waals surface area contributed by atoms with E-state index in [1.165, 1.54) is 25.7 Å². The highest BCUT2D eigenvalue weighted by molar-refractivity contribution is 6.43. The number of aliphatic hydroxyl groups is 1. The van der Waals surface area contributed by atoms with Crippen LogP contribution in [0, 0.1) is 24.7 Å². The highest BCUT2D eigenvalue weighted by Crippen LogP contribution is 2.55. The van der Waals surface area contributed by atoms with Crippen LogP contribution in [-0.4, -0.2) is 33.7 Å². The number of aliphatic hydroxyl groups excluding tert-OH is 1. The Morgan fingerprint density at radius 3 is 2.48 bits per heavy atom. The molecule has 0 spiro atoms. The largest absolute Gasteiger partial charge is 0.390 e. The van der Waals surface area contributed by atoms with Gasteiger partial charge in [-0.15, -0.1) is 0 Å². The number of halogens is 2. The van der Waals surface area contributed by atoms with E-state index in [0.29, 0.717) is 39.2 Å². The number of piperidine rings is 1. The van der Waals surface area contributed by atoms with Crippen molar-refractivity contribution in [3.05, 3.63) is 39.6 Å². The fourth-order valence-corrected chi connectivity index (χ4v) is 6.05. The molecule has 2 aliphatic carbocycles. The zero-order valence-corrected chi connectivity index (χ0v) is 18.0. The lowest BCUT2D eigenvalue weighted by Crippen LogP contribution is -2.50. The minimum atomic E-state index is -0.163. The summed E-state index contributed by atoms with van der Waals surface area (Å²) >= 11 is 12.6. The zero-order valence-electron chi connectivity index (χ0n) is 16.5. The monoisotopic (exact) mass is 432 g/mol. The van der Waals surface area contributed by atoms with E-state index in [9.17, 15) is 5.11 Å². The summed E-state index contributed by atoms with van der Waals surface area (Å²) in [6, 6.07) is 5.48. The van der Waals surface area contributed by atoms with Gasteiger partial charge in [-0.25, -0.2) is 9.97 Å². The van der Waals surface area contributed by atoms with Crippen LogP contribution in [0.3, 0.4) is 0 Å². The molecule has 2 saturated carbocycles. The Morgan fingerprint density at radius 2 is 1.86 bits per heavy atom. The van der Waals surface area contributed by atoms with Gasteiger partial charge in [0.2, 0.25) is 0 Å². The lowest BCUT2D eigenvalue weighted by atomic mass is 9.78. The number of nitrogens with zero attached hydrogens (tertiary/aromatic N) is 3. The van der Waals surface area contributed by atoms with Crippen LogP contribution in [-0.2, 0) is 6.61 Å². The molecule has 2 aromatic rings. The van der Waals surface area contributed by atoms with Crippen molar-refractivity contribution in [2.75, 3.05) is 18.0 Å². The van der Waals surface area contributed by atoms with Gasteiger partial charge in [0.25, 0.3) is 0 Å². The summed E-state index contributed by atoms with van der Waals surface area (Å²) in [6.07, 6.45) is 4.81. The maximum absolute atomic E-state index is 10.1. The minimum absolute atomic E-state index is 0.0759. The van der Waals surface area contributed by atoms with Crippen molar-refractivity contribution >= 4 is 29.0 Å². The van der Waals surface area contributed by atoms with Crippen LogP contribution in [0.15, 0.2) is 18.2 Å². The fourth-order valence-electron chi connectivity index (χ4n) is 5.66. The number of anilines is 1. The standard InChI is InChI=1S/C22H26Cl2N4O/c1-12-20(15-3-2-4-16(23)19(15)24)27-17(11-29)21(26-12)28-9-13-5-6-14(10-28)18(13)22(25)7-8-22/h2-4,13-14,18,29H,5-11,25H2,1H3. The average molecular weight is 433 g/mol. The van der Waals surface area contributed by atoms with E-state index in [0.717, 1.165) is 30.2 Å². The quantitative estimate of drug-likeness (QED) is 0.756. The molecule has 1 aromatic carbocycles. The molecule has 2 unspecified atom stereocenters. The van der Waals surface area contributed by atoms with E-state index in [1.54, 1.807) is 6.07 Å². The van der Waals surface area contributed by atoms with Gasteiger partial charge < -0.3 is 15.7 Å². The van der Waals surface area contributed by atoms with Gasteiger partial charge in [-0.2, -0.15) is 0 Å². The molecule has 3 N–H and O–H groups in total. The highest BCUT2D eigenvalue weighted by atomic mass is 35.5. The van der Waals surface area contributed by atoms with E-state index < -0.39 is 0 Å². The van der Waals surface area contributed by atoms with Crippen LogP contribution in [0.25, 0.3) is 11.3 Å². The molecule has 5 nitrogen and oxygen atoms in total. The SMILES string of the molecule is Cc1nc(N2CC3CCC(C2)C3C2(N)CC2)c(CO)nc1-c1cccc(Cl)c1Cl. The summed E-state index contributed by atoms with van der Waals surface area (Å²) < 4.78 is 0. The van der Waals surface area contributed by atoms with Crippen LogP contribution < -0.4 is 10.6 Å². The molecule has 2 atom stereocenters. The van der Waals surface area contributed by atoms with Crippen molar-refractivity contribution in [2.45, 2.75) is 44.8 Å². The van der Waals surface area contributed by atoms with E-state index in [1.807, 2.05) is 19.1 Å². The molecule has 1 aromatic heterocycles. The van der Waals surface area contributed by atoms with E-state index >= 15 is 0 Å². The van der Waals surface area contributed by atoms with Crippen molar-refractivity contribution in [3.63, 3.8) is 0 Å². The number of hydrogen-bond donors (Lipinski definition) is 2. The van der Waals surface area contributed by atoms with Gasteiger partial charge >= 0.3 is 0 Å². The lowest BCUT2D eigenvalue weighted by molar-refractivity contribution is 0.213. The summed E-state index contributed by atoms with van der Waals surface area (Å²) in [7, 11) is 0. The predicted molar refractivity (Wildman–Crippen MR) is 116 cm³/mol. The number of aromatic nitrogens is 2. The van der Waals surface area contributed by atoms with E-state index in [4.69, 9.17) is 38.9 Å². The normalized spacial score (nSPS) is 27.3. The summed E-state index contributed by atoms with van der Waals surface area (Å²) in [5.41, 5.74) is 9.47. The summed E-state index contributed by atoms with van der Waals surface area (Å²) in [4.78, 5) is 12.0. The number of benzene rings is 1. The summed E-state index contributed by atoms with van der Waals surface area (Å²) in [6.45, 7) is 3.66. The molecule has 2 heterocycles. The second-order valence-corrected chi connectivity index (χ2v) is 9.73. The first-order valence-corrected chi connectivity index (χ1v) is 11.1. The van der Waals surface area contributed by atoms with E-state index in [-0.39, 0.29) is 12.1 Å². The Balaban J connectivity index is 1.49. The Kier molecular flexibility index (Phi) is 4.78.